The fourth-order valence-corrected chi connectivity index (χ4v) is 3.76. The number of carbonyl (C=O) groups excluding carboxylic acids is 1. The number of rotatable bonds is 4. The third-order valence-corrected chi connectivity index (χ3v) is 5.38. The Kier molecular flexibility index (Phi) is 5.27. The van der Waals surface area contributed by atoms with E-state index in [0.29, 0.717) is 6.54 Å². The lowest BCUT2D eigenvalue weighted by Crippen LogP contribution is -2.55. The van der Waals surface area contributed by atoms with Crippen molar-refractivity contribution in [1.29, 1.82) is 0 Å². The van der Waals surface area contributed by atoms with E-state index in [-0.39, 0.29) is 17.4 Å². The summed E-state index contributed by atoms with van der Waals surface area (Å²) in [7, 11) is -3.21. The van der Waals surface area contributed by atoms with Crippen LogP contribution in [-0.4, -0.2) is 57.7 Å². The first-order valence-corrected chi connectivity index (χ1v) is 9.67. The standard InChI is InChI=1S/C14H27N3O3S/c1-14(6-8-15-9-7-14)13(18)17-10-4-3-5-12(17)11-16-21(2,19)20/h12,15-16H,3-11H2,1-2H3. The molecule has 1 amide bonds. The molecule has 2 saturated heterocycles. The Bertz CT molecular complexity index is 472. The number of likely N-dealkylation sites (tertiary alicyclic amines) is 1. The van der Waals surface area contributed by atoms with Crippen molar-refractivity contribution in [1.82, 2.24) is 14.9 Å². The van der Waals surface area contributed by atoms with Gasteiger partial charge in [-0.3, -0.25) is 4.79 Å². The van der Waals surface area contributed by atoms with Gasteiger partial charge in [0.15, 0.2) is 0 Å². The molecular weight excluding hydrogens is 290 g/mol. The zero-order chi connectivity index (χ0) is 15.5. The second-order valence-electron chi connectivity index (χ2n) is 6.58. The van der Waals surface area contributed by atoms with Crippen LogP contribution in [0.2, 0.25) is 0 Å². The van der Waals surface area contributed by atoms with Crippen LogP contribution in [0, 0.1) is 5.41 Å². The van der Waals surface area contributed by atoms with Gasteiger partial charge in [0.2, 0.25) is 15.9 Å². The molecule has 0 saturated carbocycles. The Hall–Kier alpha value is -0.660. The van der Waals surface area contributed by atoms with Crippen molar-refractivity contribution in [3.8, 4) is 0 Å². The smallest absolute Gasteiger partial charge is 0.228 e. The molecule has 1 unspecified atom stereocenters. The molecule has 2 fully saturated rings. The van der Waals surface area contributed by atoms with Crippen LogP contribution in [0.5, 0.6) is 0 Å². The maximum absolute atomic E-state index is 12.9. The van der Waals surface area contributed by atoms with Crippen molar-refractivity contribution in [3.63, 3.8) is 0 Å². The molecule has 2 rings (SSSR count). The van der Waals surface area contributed by atoms with Gasteiger partial charge in [-0.25, -0.2) is 13.1 Å². The normalized spacial score (nSPS) is 26.6. The number of sulfonamides is 1. The van der Waals surface area contributed by atoms with E-state index in [1.807, 2.05) is 11.8 Å². The second-order valence-corrected chi connectivity index (χ2v) is 8.41. The minimum Gasteiger partial charge on any atom is -0.338 e. The number of carbonyl (C=O) groups is 1. The van der Waals surface area contributed by atoms with E-state index in [4.69, 9.17) is 0 Å². The lowest BCUT2D eigenvalue weighted by Gasteiger charge is -2.43. The van der Waals surface area contributed by atoms with Gasteiger partial charge in [-0.1, -0.05) is 6.92 Å². The fraction of sp³-hybridized carbons (Fsp3) is 0.929. The molecule has 21 heavy (non-hydrogen) atoms. The van der Waals surface area contributed by atoms with Crippen molar-refractivity contribution in [3.05, 3.63) is 0 Å². The van der Waals surface area contributed by atoms with Crippen molar-refractivity contribution in [2.75, 3.05) is 32.4 Å². The van der Waals surface area contributed by atoms with Gasteiger partial charge in [-0.15, -0.1) is 0 Å². The number of hydrogen-bond donors (Lipinski definition) is 2. The fourth-order valence-electron chi connectivity index (χ4n) is 3.27. The van der Waals surface area contributed by atoms with Crippen LogP contribution < -0.4 is 10.0 Å². The van der Waals surface area contributed by atoms with Gasteiger partial charge in [-0.2, -0.15) is 0 Å². The molecule has 0 bridgehead atoms. The summed E-state index contributed by atoms with van der Waals surface area (Å²) in [6.45, 7) is 4.88. The molecule has 0 radical (unpaired) electrons. The average Bonchev–Trinajstić information content (AvgIpc) is 2.45. The highest BCUT2D eigenvalue weighted by molar-refractivity contribution is 7.88. The topological polar surface area (TPSA) is 78.5 Å². The van der Waals surface area contributed by atoms with Gasteiger partial charge in [0.1, 0.15) is 0 Å². The average molecular weight is 317 g/mol. The van der Waals surface area contributed by atoms with E-state index < -0.39 is 10.0 Å². The van der Waals surface area contributed by atoms with Gasteiger partial charge < -0.3 is 10.2 Å². The van der Waals surface area contributed by atoms with Crippen molar-refractivity contribution < 1.29 is 13.2 Å². The summed E-state index contributed by atoms with van der Waals surface area (Å²) in [5.74, 6) is 0.198. The summed E-state index contributed by atoms with van der Waals surface area (Å²) in [6.07, 6.45) is 5.81. The van der Waals surface area contributed by atoms with Gasteiger partial charge in [0.25, 0.3) is 0 Å². The monoisotopic (exact) mass is 317 g/mol. The third kappa shape index (κ3) is 4.40. The van der Waals surface area contributed by atoms with Crippen LogP contribution in [0.3, 0.4) is 0 Å². The predicted molar refractivity (Wildman–Crippen MR) is 82.4 cm³/mol. The van der Waals surface area contributed by atoms with Crippen LogP contribution in [0.25, 0.3) is 0 Å². The van der Waals surface area contributed by atoms with E-state index in [2.05, 4.69) is 10.0 Å². The summed E-state index contributed by atoms with van der Waals surface area (Å²) in [5, 5.41) is 3.29. The van der Waals surface area contributed by atoms with Gasteiger partial charge in [0.05, 0.1) is 6.26 Å². The zero-order valence-corrected chi connectivity index (χ0v) is 13.8. The van der Waals surface area contributed by atoms with E-state index in [9.17, 15) is 13.2 Å². The first-order chi connectivity index (χ1) is 9.82. The molecule has 122 valence electrons. The third-order valence-electron chi connectivity index (χ3n) is 4.69. The van der Waals surface area contributed by atoms with Crippen molar-refractivity contribution in [2.45, 2.75) is 45.1 Å². The quantitative estimate of drug-likeness (QED) is 0.782. The van der Waals surface area contributed by atoms with Crippen LogP contribution in [0.1, 0.15) is 39.0 Å². The molecule has 0 aliphatic carbocycles. The second kappa shape index (κ2) is 6.62. The number of nitrogens with zero attached hydrogens (tertiary/aromatic N) is 1. The highest BCUT2D eigenvalue weighted by atomic mass is 32.2. The van der Waals surface area contributed by atoms with Crippen LogP contribution in [-0.2, 0) is 14.8 Å². The Morgan fingerprint density at radius 2 is 2.00 bits per heavy atom. The van der Waals surface area contributed by atoms with Gasteiger partial charge in [-0.05, 0) is 45.2 Å². The minimum atomic E-state index is -3.21. The largest absolute Gasteiger partial charge is 0.338 e. The highest BCUT2D eigenvalue weighted by Crippen LogP contribution is 2.32. The number of hydrogen-bond acceptors (Lipinski definition) is 4. The minimum absolute atomic E-state index is 0.00677. The molecule has 6 nitrogen and oxygen atoms in total. The van der Waals surface area contributed by atoms with Gasteiger partial charge in [0, 0.05) is 24.5 Å². The lowest BCUT2D eigenvalue weighted by atomic mass is 9.79. The summed E-state index contributed by atoms with van der Waals surface area (Å²) >= 11 is 0. The Balaban J connectivity index is 2.05. The Labute approximate surface area is 127 Å². The first kappa shape index (κ1) is 16.7. The molecule has 0 spiro atoms. The molecule has 1 atom stereocenters. The molecular formula is C14H27N3O3S. The summed E-state index contributed by atoms with van der Waals surface area (Å²) in [5.41, 5.74) is -0.300. The van der Waals surface area contributed by atoms with E-state index >= 15 is 0 Å². The van der Waals surface area contributed by atoms with Gasteiger partial charge >= 0.3 is 0 Å². The van der Waals surface area contributed by atoms with Crippen molar-refractivity contribution >= 4 is 15.9 Å². The first-order valence-electron chi connectivity index (χ1n) is 7.78. The molecule has 2 aliphatic heterocycles. The van der Waals surface area contributed by atoms with Crippen LogP contribution in [0.15, 0.2) is 0 Å². The summed E-state index contributed by atoms with van der Waals surface area (Å²) in [4.78, 5) is 14.9. The van der Waals surface area contributed by atoms with E-state index in [1.165, 1.54) is 0 Å². The number of piperidine rings is 2. The number of nitrogens with one attached hydrogen (secondary N) is 2. The van der Waals surface area contributed by atoms with E-state index in [0.717, 1.165) is 58.0 Å². The molecule has 7 heteroatoms. The maximum Gasteiger partial charge on any atom is 0.228 e. The molecule has 2 N–H and O–H groups in total. The summed E-state index contributed by atoms with van der Waals surface area (Å²) in [6, 6.07) is -0.00677. The lowest BCUT2D eigenvalue weighted by molar-refractivity contribution is -0.146. The SMILES string of the molecule is CC1(C(=O)N2CCCCC2CNS(C)(=O)=O)CCNCC1. The molecule has 0 aromatic heterocycles. The zero-order valence-electron chi connectivity index (χ0n) is 13.0. The molecule has 0 aromatic carbocycles. The summed E-state index contributed by atoms with van der Waals surface area (Å²) < 4.78 is 25.1. The maximum atomic E-state index is 12.9. The molecule has 0 aromatic rings. The van der Waals surface area contributed by atoms with Crippen molar-refractivity contribution in [2.24, 2.45) is 5.41 Å². The number of amides is 1. The Morgan fingerprint density at radius 3 is 2.62 bits per heavy atom. The van der Waals surface area contributed by atoms with Crippen LogP contribution in [0.4, 0.5) is 0 Å². The van der Waals surface area contributed by atoms with E-state index in [1.54, 1.807) is 0 Å². The molecule has 2 aliphatic rings. The van der Waals surface area contributed by atoms with Crippen LogP contribution >= 0.6 is 0 Å². The highest BCUT2D eigenvalue weighted by Gasteiger charge is 2.40. The Morgan fingerprint density at radius 1 is 1.33 bits per heavy atom. The predicted octanol–water partition coefficient (Wildman–Crippen LogP) is 0.306. The molecule has 2 heterocycles.